The summed E-state index contributed by atoms with van der Waals surface area (Å²) in [5, 5.41) is 0.509. The van der Waals surface area contributed by atoms with Crippen LogP contribution in [0, 0.1) is 0 Å². The van der Waals surface area contributed by atoms with Crippen LogP contribution in [0.5, 0.6) is 0 Å². The summed E-state index contributed by atoms with van der Waals surface area (Å²) < 4.78 is 0. The average molecular weight is 279 g/mol. The van der Waals surface area contributed by atoms with Crippen LogP contribution >= 0.6 is 11.6 Å². The average Bonchev–Trinajstić information content (AvgIpc) is 2.39. The number of allylic oxidation sites excluding steroid dienone is 1. The van der Waals surface area contributed by atoms with Crippen LogP contribution in [0.4, 0.5) is 0 Å². The second-order valence-corrected chi connectivity index (χ2v) is 4.63. The van der Waals surface area contributed by atoms with Crippen molar-refractivity contribution in [1.82, 2.24) is 9.88 Å². The van der Waals surface area contributed by atoms with Gasteiger partial charge in [-0.1, -0.05) is 30.3 Å². The summed E-state index contributed by atoms with van der Waals surface area (Å²) in [5.41, 5.74) is 2.07. The Kier molecular flexibility index (Phi) is 5.77. The van der Waals surface area contributed by atoms with Crippen LogP contribution in [-0.4, -0.2) is 22.3 Å². The monoisotopic (exact) mass is 278 g/mol. The lowest BCUT2D eigenvalue weighted by molar-refractivity contribution is -0.128. The zero-order valence-electron chi connectivity index (χ0n) is 11.4. The van der Waals surface area contributed by atoms with Crippen molar-refractivity contribution in [3.63, 3.8) is 0 Å². The fraction of sp³-hybridized carbons (Fsp3) is 0.333. The Morgan fingerprint density at radius 3 is 2.74 bits per heavy atom. The Balaban J connectivity index is 0.000000550. The Morgan fingerprint density at radius 2 is 2.16 bits per heavy atom. The normalized spacial score (nSPS) is 16.8. The van der Waals surface area contributed by atoms with Crippen LogP contribution in [0.25, 0.3) is 0 Å². The standard InChI is InChI=1S/C12H13ClN2O.C3H6/c1-3-12(16)15-7-6-10-9(8(15)2)4-5-11(13)14-10;1-3-2/h3-5,8H,1,6-7H2,2H3;3H,1H2,2H3. The quantitative estimate of drug-likeness (QED) is 0.447. The first-order chi connectivity index (χ1) is 9.04. The lowest BCUT2D eigenvalue weighted by atomic mass is 9.98. The van der Waals surface area contributed by atoms with Gasteiger partial charge in [0.15, 0.2) is 0 Å². The third kappa shape index (κ3) is 3.67. The molecule has 102 valence electrons. The molecule has 1 atom stereocenters. The first-order valence-electron chi connectivity index (χ1n) is 6.20. The minimum Gasteiger partial charge on any atom is -0.332 e. The molecule has 0 saturated carbocycles. The molecule has 1 aromatic rings. The van der Waals surface area contributed by atoms with E-state index in [0.717, 1.165) is 17.7 Å². The Bertz CT molecular complexity index is 485. The van der Waals surface area contributed by atoms with E-state index in [1.165, 1.54) is 6.08 Å². The van der Waals surface area contributed by atoms with Gasteiger partial charge in [0.2, 0.25) is 5.91 Å². The van der Waals surface area contributed by atoms with Gasteiger partial charge in [-0.2, -0.15) is 0 Å². The van der Waals surface area contributed by atoms with Crippen molar-refractivity contribution in [2.75, 3.05) is 6.54 Å². The van der Waals surface area contributed by atoms with Crippen molar-refractivity contribution < 1.29 is 4.79 Å². The van der Waals surface area contributed by atoms with Gasteiger partial charge >= 0.3 is 0 Å². The van der Waals surface area contributed by atoms with E-state index >= 15 is 0 Å². The number of carbonyl (C=O) groups is 1. The molecule has 0 fully saturated rings. The van der Waals surface area contributed by atoms with Crippen molar-refractivity contribution in [2.45, 2.75) is 26.3 Å². The predicted octanol–water partition coefficient (Wildman–Crippen LogP) is 3.56. The van der Waals surface area contributed by atoms with Crippen molar-refractivity contribution in [2.24, 2.45) is 0 Å². The molecule has 1 aliphatic rings. The highest BCUT2D eigenvalue weighted by Gasteiger charge is 2.26. The largest absolute Gasteiger partial charge is 0.332 e. The van der Waals surface area contributed by atoms with E-state index in [1.54, 1.807) is 17.0 Å². The molecule has 19 heavy (non-hydrogen) atoms. The Labute approximate surface area is 119 Å². The molecule has 0 N–H and O–H groups in total. The molecule has 1 aromatic heterocycles. The van der Waals surface area contributed by atoms with Gasteiger partial charge in [-0.15, -0.1) is 6.58 Å². The topological polar surface area (TPSA) is 33.2 Å². The van der Waals surface area contributed by atoms with Gasteiger partial charge in [0, 0.05) is 18.7 Å². The summed E-state index contributed by atoms with van der Waals surface area (Å²) >= 11 is 5.84. The van der Waals surface area contributed by atoms with E-state index in [9.17, 15) is 4.79 Å². The number of rotatable bonds is 1. The highest BCUT2D eigenvalue weighted by atomic mass is 35.5. The van der Waals surface area contributed by atoms with Gasteiger partial charge in [-0.25, -0.2) is 4.98 Å². The maximum atomic E-state index is 11.6. The van der Waals surface area contributed by atoms with Crippen molar-refractivity contribution in [1.29, 1.82) is 0 Å². The number of fused-ring (bicyclic) bond motifs is 1. The Morgan fingerprint density at radius 1 is 1.53 bits per heavy atom. The number of aromatic nitrogens is 1. The lowest BCUT2D eigenvalue weighted by Crippen LogP contribution is -2.38. The molecule has 0 radical (unpaired) electrons. The molecule has 1 unspecified atom stereocenters. The fourth-order valence-corrected chi connectivity index (χ4v) is 2.24. The van der Waals surface area contributed by atoms with E-state index < -0.39 is 0 Å². The number of amides is 1. The van der Waals surface area contributed by atoms with Gasteiger partial charge in [-0.3, -0.25) is 4.79 Å². The third-order valence-corrected chi connectivity index (χ3v) is 3.15. The van der Waals surface area contributed by atoms with Gasteiger partial charge in [0.05, 0.1) is 6.04 Å². The molecular weight excluding hydrogens is 260 g/mol. The summed E-state index contributed by atoms with van der Waals surface area (Å²) in [4.78, 5) is 17.7. The van der Waals surface area contributed by atoms with Crippen LogP contribution in [0.3, 0.4) is 0 Å². The SMILES string of the molecule is C=CC.C=CC(=O)N1CCc2nc(Cl)ccc2C1C. The zero-order chi connectivity index (χ0) is 14.4. The summed E-state index contributed by atoms with van der Waals surface area (Å²) in [7, 11) is 0. The van der Waals surface area contributed by atoms with Crippen LogP contribution < -0.4 is 0 Å². The van der Waals surface area contributed by atoms with E-state index in [1.807, 2.05) is 19.9 Å². The number of halogens is 1. The second kappa shape index (κ2) is 7.10. The van der Waals surface area contributed by atoms with Gasteiger partial charge < -0.3 is 4.90 Å². The number of hydrogen-bond donors (Lipinski definition) is 0. The van der Waals surface area contributed by atoms with E-state index in [-0.39, 0.29) is 11.9 Å². The van der Waals surface area contributed by atoms with Crippen molar-refractivity contribution >= 4 is 17.5 Å². The summed E-state index contributed by atoms with van der Waals surface area (Å²) in [5.74, 6) is -0.0342. The molecule has 2 heterocycles. The number of hydrogen-bond acceptors (Lipinski definition) is 2. The molecule has 0 aliphatic carbocycles. The molecule has 0 saturated heterocycles. The highest BCUT2D eigenvalue weighted by molar-refractivity contribution is 6.29. The minimum absolute atomic E-state index is 0.0342. The van der Waals surface area contributed by atoms with Crippen LogP contribution in [0.2, 0.25) is 5.15 Å². The summed E-state index contributed by atoms with van der Waals surface area (Å²) in [6.45, 7) is 11.4. The second-order valence-electron chi connectivity index (χ2n) is 4.24. The van der Waals surface area contributed by atoms with Gasteiger partial charge in [0.25, 0.3) is 0 Å². The number of carbonyl (C=O) groups excluding carboxylic acids is 1. The Hall–Kier alpha value is -1.61. The van der Waals surface area contributed by atoms with Crippen LogP contribution in [0.15, 0.2) is 37.4 Å². The first kappa shape index (κ1) is 15.4. The van der Waals surface area contributed by atoms with Crippen molar-refractivity contribution in [3.05, 3.63) is 53.9 Å². The predicted molar refractivity (Wildman–Crippen MR) is 79.1 cm³/mol. The zero-order valence-corrected chi connectivity index (χ0v) is 12.2. The molecule has 1 amide bonds. The maximum absolute atomic E-state index is 11.6. The van der Waals surface area contributed by atoms with E-state index in [4.69, 9.17) is 11.6 Å². The third-order valence-electron chi connectivity index (χ3n) is 2.94. The minimum atomic E-state index is -0.0342. The maximum Gasteiger partial charge on any atom is 0.246 e. The molecule has 0 spiro atoms. The molecular formula is C15H19ClN2O. The lowest BCUT2D eigenvalue weighted by Gasteiger charge is -2.33. The molecule has 4 heteroatoms. The number of pyridine rings is 1. The smallest absolute Gasteiger partial charge is 0.246 e. The highest BCUT2D eigenvalue weighted by Crippen LogP contribution is 2.29. The van der Waals surface area contributed by atoms with Crippen LogP contribution in [-0.2, 0) is 11.2 Å². The first-order valence-corrected chi connectivity index (χ1v) is 6.58. The summed E-state index contributed by atoms with van der Waals surface area (Å²) in [6, 6.07) is 3.75. The molecule has 2 rings (SSSR count). The van der Waals surface area contributed by atoms with Crippen LogP contribution in [0.1, 0.15) is 31.1 Å². The summed E-state index contributed by atoms with van der Waals surface area (Å²) in [6.07, 6.45) is 3.85. The van der Waals surface area contributed by atoms with Gasteiger partial charge in [0.1, 0.15) is 5.15 Å². The van der Waals surface area contributed by atoms with Gasteiger partial charge in [-0.05, 0) is 31.6 Å². The van der Waals surface area contributed by atoms with E-state index in [0.29, 0.717) is 11.7 Å². The number of nitrogens with zero attached hydrogens (tertiary/aromatic N) is 2. The fourth-order valence-electron chi connectivity index (χ4n) is 2.07. The molecule has 3 nitrogen and oxygen atoms in total. The van der Waals surface area contributed by atoms with Crippen molar-refractivity contribution in [3.8, 4) is 0 Å². The van der Waals surface area contributed by atoms with E-state index in [2.05, 4.69) is 18.1 Å². The molecule has 1 aliphatic heterocycles. The molecule has 0 bridgehead atoms. The molecule has 0 aromatic carbocycles.